The first-order chi connectivity index (χ1) is 7.52. The molecule has 0 saturated carbocycles. The van der Waals surface area contributed by atoms with Crippen LogP contribution >= 0.6 is 0 Å². The van der Waals surface area contributed by atoms with Gasteiger partial charge in [0.05, 0.1) is 18.1 Å². The lowest BCUT2D eigenvalue weighted by atomic mass is 10.1. The van der Waals surface area contributed by atoms with Gasteiger partial charge < -0.3 is 10.4 Å². The van der Waals surface area contributed by atoms with Gasteiger partial charge in [-0.15, -0.1) is 0 Å². The maximum Gasteiger partial charge on any atom is 0.305 e. The third kappa shape index (κ3) is 3.28. The number of benzene rings is 1. The van der Waals surface area contributed by atoms with Gasteiger partial charge in [-0.2, -0.15) is 5.26 Å². The van der Waals surface area contributed by atoms with Gasteiger partial charge in [0.2, 0.25) is 0 Å². The fourth-order valence-electron chi connectivity index (χ4n) is 1.43. The minimum absolute atomic E-state index is 0.0518. The van der Waals surface area contributed by atoms with Crippen molar-refractivity contribution in [3.63, 3.8) is 0 Å². The molecule has 84 valence electrons. The second kappa shape index (κ2) is 5.17. The van der Waals surface area contributed by atoms with Crippen LogP contribution in [0.25, 0.3) is 0 Å². The molecule has 0 heterocycles. The monoisotopic (exact) mass is 218 g/mol. The van der Waals surface area contributed by atoms with Crippen LogP contribution in [0.4, 0.5) is 5.69 Å². The molecule has 0 saturated heterocycles. The summed E-state index contributed by atoms with van der Waals surface area (Å²) in [6.07, 6.45) is 0.0518. The molecule has 0 aromatic heterocycles. The van der Waals surface area contributed by atoms with Gasteiger partial charge >= 0.3 is 5.97 Å². The average molecular weight is 218 g/mol. The zero-order chi connectivity index (χ0) is 12.1. The number of nitrogens with one attached hydrogen (secondary N) is 1. The molecule has 1 unspecified atom stereocenters. The maximum absolute atomic E-state index is 10.5. The van der Waals surface area contributed by atoms with Crippen LogP contribution < -0.4 is 5.32 Å². The van der Waals surface area contributed by atoms with Gasteiger partial charge in [0.25, 0.3) is 0 Å². The number of carboxylic acid groups (broad SMARTS) is 1. The molecule has 1 aromatic carbocycles. The number of nitrogens with zero attached hydrogens (tertiary/aromatic N) is 1. The fraction of sp³-hybridized carbons (Fsp3) is 0.333. The number of carboxylic acids is 1. The fourth-order valence-corrected chi connectivity index (χ4v) is 1.43. The van der Waals surface area contributed by atoms with Crippen LogP contribution in [0.1, 0.15) is 24.5 Å². The molecule has 4 heteroatoms. The van der Waals surface area contributed by atoms with Crippen molar-refractivity contribution in [2.45, 2.75) is 26.3 Å². The Morgan fingerprint density at radius 3 is 2.88 bits per heavy atom. The van der Waals surface area contributed by atoms with Crippen LogP contribution in [-0.2, 0) is 4.79 Å². The van der Waals surface area contributed by atoms with Crippen LogP contribution in [0.15, 0.2) is 18.2 Å². The Balaban J connectivity index is 2.80. The third-order valence-corrected chi connectivity index (χ3v) is 2.25. The second-order valence-electron chi connectivity index (χ2n) is 3.78. The van der Waals surface area contributed by atoms with E-state index in [9.17, 15) is 4.79 Å². The van der Waals surface area contributed by atoms with Gasteiger partial charge in [0, 0.05) is 11.7 Å². The van der Waals surface area contributed by atoms with E-state index in [-0.39, 0.29) is 12.5 Å². The molecule has 0 aliphatic heterocycles. The van der Waals surface area contributed by atoms with Gasteiger partial charge in [-0.1, -0.05) is 6.07 Å². The van der Waals surface area contributed by atoms with Crippen LogP contribution in [0, 0.1) is 18.3 Å². The normalized spacial score (nSPS) is 11.6. The number of nitriles is 1. The first-order valence-electron chi connectivity index (χ1n) is 5.02. The highest BCUT2D eigenvalue weighted by atomic mass is 16.4. The van der Waals surface area contributed by atoms with Crippen molar-refractivity contribution in [3.05, 3.63) is 29.3 Å². The van der Waals surface area contributed by atoms with Gasteiger partial charge in [0.1, 0.15) is 0 Å². The largest absolute Gasteiger partial charge is 0.481 e. The Hall–Kier alpha value is -2.02. The maximum atomic E-state index is 10.5. The van der Waals surface area contributed by atoms with Crippen molar-refractivity contribution in [2.75, 3.05) is 5.32 Å². The molecule has 2 N–H and O–H groups in total. The summed E-state index contributed by atoms with van der Waals surface area (Å²) >= 11 is 0. The molecule has 16 heavy (non-hydrogen) atoms. The van der Waals surface area contributed by atoms with E-state index in [1.807, 2.05) is 13.0 Å². The first-order valence-corrected chi connectivity index (χ1v) is 5.02. The van der Waals surface area contributed by atoms with Crippen molar-refractivity contribution in [2.24, 2.45) is 0 Å². The van der Waals surface area contributed by atoms with E-state index in [1.54, 1.807) is 19.1 Å². The Labute approximate surface area is 94.5 Å². The number of anilines is 1. The molecule has 1 atom stereocenters. The molecule has 0 fully saturated rings. The summed E-state index contributed by atoms with van der Waals surface area (Å²) in [6, 6.07) is 7.20. The molecule has 0 spiro atoms. The predicted molar refractivity (Wildman–Crippen MR) is 61.2 cm³/mol. The summed E-state index contributed by atoms with van der Waals surface area (Å²) in [7, 11) is 0. The van der Waals surface area contributed by atoms with Crippen LogP contribution in [0.3, 0.4) is 0 Å². The van der Waals surface area contributed by atoms with E-state index in [4.69, 9.17) is 10.4 Å². The average Bonchev–Trinajstić information content (AvgIpc) is 2.20. The number of carbonyl (C=O) groups is 1. The molecule has 0 aliphatic rings. The Morgan fingerprint density at radius 2 is 2.31 bits per heavy atom. The molecule has 0 bridgehead atoms. The number of rotatable bonds is 4. The van der Waals surface area contributed by atoms with Crippen molar-refractivity contribution in [1.29, 1.82) is 5.26 Å². The SMILES string of the molecule is Cc1ccc(C#N)cc1NC(C)CC(=O)O. The molecule has 0 aliphatic carbocycles. The molecule has 4 nitrogen and oxygen atoms in total. The second-order valence-corrected chi connectivity index (χ2v) is 3.78. The minimum Gasteiger partial charge on any atom is -0.481 e. The van der Waals surface area contributed by atoms with Crippen molar-refractivity contribution < 1.29 is 9.90 Å². The Morgan fingerprint density at radius 1 is 1.62 bits per heavy atom. The number of hydrogen-bond donors (Lipinski definition) is 2. The van der Waals surface area contributed by atoms with E-state index in [0.29, 0.717) is 5.56 Å². The molecule has 0 radical (unpaired) electrons. The van der Waals surface area contributed by atoms with E-state index in [2.05, 4.69) is 11.4 Å². The first kappa shape index (κ1) is 12.1. The van der Waals surface area contributed by atoms with Crippen LogP contribution in [-0.4, -0.2) is 17.1 Å². The van der Waals surface area contributed by atoms with E-state index >= 15 is 0 Å². The lowest BCUT2D eigenvalue weighted by Gasteiger charge is -2.15. The number of hydrogen-bond acceptors (Lipinski definition) is 3. The molecule has 1 aromatic rings. The molecular formula is C12H14N2O2. The summed E-state index contributed by atoms with van der Waals surface area (Å²) in [5.41, 5.74) is 2.37. The standard InChI is InChI=1S/C12H14N2O2/c1-8-3-4-10(7-13)6-11(8)14-9(2)5-12(15)16/h3-4,6,9,14H,5H2,1-2H3,(H,15,16). The smallest absolute Gasteiger partial charge is 0.305 e. The summed E-state index contributed by atoms with van der Waals surface area (Å²) in [4.78, 5) is 10.5. The van der Waals surface area contributed by atoms with Gasteiger partial charge in [-0.3, -0.25) is 4.79 Å². The highest BCUT2D eigenvalue weighted by molar-refractivity contribution is 5.68. The van der Waals surface area contributed by atoms with E-state index in [1.165, 1.54) is 0 Å². The third-order valence-electron chi connectivity index (χ3n) is 2.25. The van der Waals surface area contributed by atoms with E-state index < -0.39 is 5.97 Å². The van der Waals surface area contributed by atoms with Crippen molar-refractivity contribution in [3.8, 4) is 6.07 Å². The van der Waals surface area contributed by atoms with Gasteiger partial charge in [-0.05, 0) is 31.5 Å². The van der Waals surface area contributed by atoms with Crippen molar-refractivity contribution >= 4 is 11.7 Å². The zero-order valence-electron chi connectivity index (χ0n) is 9.32. The summed E-state index contributed by atoms with van der Waals surface area (Å²) in [5, 5.41) is 20.5. The topological polar surface area (TPSA) is 73.1 Å². The van der Waals surface area contributed by atoms with Crippen LogP contribution in [0.2, 0.25) is 0 Å². The van der Waals surface area contributed by atoms with E-state index in [0.717, 1.165) is 11.3 Å². The zero-order valence-corrected chi connectivity index (χ0v) is 9.32. The molecule has 0 amide bonds. The predicted octanol–water partition coefficient (Wildman–Crippen LogP) is 2.14. The van der Waals surface area contributed by atoms with Crippen molar-refractivity contribution in [1.82, 2.24) is 0 Å². The van der Waals surface area contributed by atoms with Gasteiger partial charge in [-0.25, -0.2) is 0 Å². The highest BCUT2D eigenvalue weighted by Gasteiger charge is 2.08. The molecular weight excluding hydrogens is 204 g/mol. The lowest BCUT2D eigenvalue weighted by molar-refractivity contribution is -0.137. The lowest BCUT2D eigenvalue weighted by Crippen LogP contribution is -2.19. The number of aryl methyl sites for hydroxylation is 1. The minimum atomic E-state index is -0.839. The summed E-state index contributed by atoms with van der Waals surface area (Å²) < 4.78 is 0. The van der Waals surface area contributed by atoms with Gasteiger partial charge in [0.15, 0.2) is 0 Å². The Kier molecular flexibility index (Phi) is 3.90. The summed E-state index contributed by atoms with van der Waals surface area (Å²) in [6.45, 7) is 3.71. The number of aliphatic carboxylic acids is 1. The highest BCUT2D eigenvalue weighted by Crippen LogP contribution is 2.18. The quantitative estimate of drug-likeness (QED) is 0.812. The molecule has 1 rings (SSSR count). The Bertz CT molecular complexity index is 435. The summed E-state index contributed by atoms with van der Waals surface area (Å²) in [5.74, 6) is -0.839. The van der Waals surface area contributed by atoms with Crippen LogP contribution in [0.5, 0.6) is 0 Å².